The molecule has 3 aromatic rings. The lowest BCUT2D eigenvalue weighted by atomic mass is 10.1. The van der Waals surface area contributed by atoms with Gasteiger partial charge < -0.3 is 13.7 Å². The van der Waals surface area contributed by atoms with Crippen LogP contribution in [0, 0.1) is 0 Å². The molecule has 2 aromatic heterocycles. The van der Waals surface area contributed by atoms with E-state index in [0.29, 0.717) is 49.0 Å². The standard InChI is InChI=1S/C24H30N4O5S/c1-2-14-27(18-22-25-26-24(33-22)21-7-6-17-32-21)23(29)13-10-19-8-11-20(12-9-19)34(30,31)28-15-4-3-5-16-28/h6-9,11-12,17H,2-5,10,13-16,18H2,1H3. The van der Waals surface area contributed by atoms with Gasteiger partial charge in [0.1, 0.15) is 0 Å². The molecular formula is C24H30N4O5S. The molecule has 0 saturated carbocycles. The van der Waals surface area contributed by atoms with Gasteiger partial charge in [0.25, 0.3) is 5.89 Å². The van der Waals surface area contributed by atoms with Gasteiger partial charge in [0.05, 0.1) is 17.7 Å². The highest BCUT2D eigenvalue weighted by Crippen LogP contribution is 2.22. The van der Waals surface area contributed by atoms with Crippen molar-refractivity contribution in [1.29, 1.82) is 0 Å². The van der Waals surface area contributed by atoms with E-state index < -0.39 is 10.0 Å². The summed E-state index contributed by atoms with van der Waals surface area (Å²) in [6, 6.07) is 10.3. The molecule has 10 heteroatoms. The van der Waals surface area contributed by atoms with Gasteiger partial charge in [0.2, 0.25) is 21.8 Å². The normalized spacial score (nSPS) is 14.9. The number of rotatable bonds is 10. The number of sulfonamides is 1. The van der Waals surface area contributed by atoms with Crippen molar-refractivity contribution < 1.29 is 22.0 Å². The number of furan rings is 1. The summed E-state index contributed by atoms with van der Waals surface area (Å²) in [5, 5.41) is 8.02. The first-order valence-corrected chi connectivity index (χ1v) is 13.1. The summed E-state index contributed by atoms with van der Waals surface area (Å²) < 4.78 is 38.1. The Morgan fingerprint density at radius 1 is 1.09 bits per heavy atom. The SMILES string of the molecule is CCCN(Cc1nnc(-c2ccco2)o1)C(=O)CCc1ccc(S(=O)(=O)N2CCCCC2)cc1. The molecule has 0 aliphatic carbocycles. The summed E-state index contributed by atoms with van der Waals surface area (Å²) in [6.45, 7) is 3.96. The van der Waals surface area contributed by atoms with Crippen LogP contribution in [0.4, 0.5) is 0 Å². The smallest absolute Gasteiger partial charge is 0.283 e. The second kappa shape index (κ2) is 11.0. The van der Waals surface area contributed by atoms with Crippen LogP contribution in [0.5, 0.6) is 0 Å². The van der Waals surface area contributed by atoms with Crippen LogP contribution in [0.25, 0.3) is 11.7 Å². The summed E-state index contributed by atoms with van der Waals surface area (Å²) in [4.78, 5) is 14.9. The molecule has 4 rings (SSSR count). The van der Waals surface area contributed by atoms with Crippen molar-refractivity contribution in [2.45, 2.75) is 56.9 Å². The maximum Gasteiger partial charge on any atom is 0.283 e. The van der Waals surface area contributed by atoms with Crippen LogP contribution in [0.1, 0.15) is 50.5 Å². The number of carbonyl (C=O) groups excluding carboxylic acids is 1. The minimum absolute atomic E-state index is 0.0235. The lowest BCUT2D eigenvalue weighted by molar-refractivity contribution is -0.132. The van der Waals surface area contributed by atoms with Gasteiger partial charge in [-0.15, -0.1) is 10.2 Å². The van der Waals surface area contributed by atoms with Crippen molar-refractivity contribution in [1.82, 2.24) is 19.4 Å². The highest BCUT2D eigenvalue weighted by atomic mass is 32.2. The van der Waals surface area contributed by atoms with Gasteiger partial charge in [-0.25, -0.2) is 8.42 Å². The zero-order chi connectivity index (χ0) is 24.0. The van der Waals surface area contributed by atoms with Gasteiger partial charge >= 0.3 is 0 Å². The zero-order valence-corrected chi connectivity index (χ0v) is 20.2. The Labute approximate surface area is 199 Å². The number of nitrogens with zero attached hydrogens (tertiary/aromatic N) is 4. The third-order valence-electron chi connectivity index (χ3n) is 5.87. The van der Waals surface area contributed by atoms with E-state index in [1.165, 1.54) is 6.26 Å². The first kappa shape index (κ1) is 24.2. The van der Waals surface area contributed by atoms with Gasteiger partial charge in [-0.05, 0) is 55.5 Å². The number of hydrogen-bond acceptors (Lipinski definition) is 7. The van der Waals surface area contributed by atoms with E-state index in [9.17, 15) is 13.2 Å². The molecule has 0 bridgehead atoms. The topological polar surface area (TPSA) is 110 Å². The molecule has 0 unspecified atom stereocenters. The van der Waals surface area contributed by atoms with Crippen molar-refractivity contribution in [3.05, 3.63) is 54.1 Å². The Balaban J connectivity index is 1.34. The molecule has 9 nitrogen and oxygen atoms in total. The monoisotopic (exact) mass is 486 g/mol. The second-order valence-corrected chi connectivity index (χ2v) is 10.3. The molecule has 0 N–H and O–H groups in total. The van der Waals surface area contributed by atoms with Crippen molar-refractivity contribution in [2.24, 2.45) is 0 Å². The second-order valence-electron chi connectivity index (χ2n) is 8.40. The number of carbonyl (C=O) groups is 1. The minimum Gasteiger partial charge on any atom is -0.459 e. The molecule has 1 saturated heterocycles. The van der Waals surface area contributed by atoms with Crippen molar-refractivity contribution in [3.8, 4) is 11.7 Å². The van der Waals surface area contributed by atoms with E-state index in [1.807, 2.05) is 6.92 Å². The summed E-state index contributed by atoms with van der Waals surface area (Å²) in [7, 11) is -3.45. The van der Waals surface area contributed by atoms with E-state index in [-0.39, 0.29) is 18.3 Å². The highest BCUT2D eigenvalue weighted by Gasteiger charge is 2.25. The summed E-state index contributed by atoms with van der Waals surface area (Å²) >= 11 is 0. The molecule has 0 radical (unpaired) electrons. The average Bonchev–Trinajstić information content (AvgIpc) is 3.55. The van der Waals surface area contributed by atoms with Crippen LogP contribution in [-0.2, 0) is 27.8 Å². The molecule has 1 aliphatic heterocycles. The molecular weight excluding hydrogens is 456 g/mol. The summed E-state index contributed by atoms with van der Waals surface area (Å²) in [6.07, 6.45) is 6.03. The number of aryl methyl sites for hydroxylation is 1. The number of benzene rings is 1. The van der Waals surface area contributed by atoms with Crippen LogP contribution >= 0.6 is 0 Å². The summed E-state index contributed by atoms with van der Waals surface area (Å²) in [5.41, 5.74) is 0.917. The summed E-state index contributed by atoms with van der Waals surface area (Å²) in [5.74, 6) is 1.09. The van der Waals surface area contributed by atoms with Gasteiger partial charge in [0.15, 0.2) is 5.76 Å². The van der Waals surface area contributed by atoms with Crippen LogP contribution in [0.2, 0.25) is 0 Å². The zero-order valence-electron chi connectivity index (χ0n) is 19.4. The number of hydrogen-bond donors (Lipinski definition) is 0. The van der Waals surface area contributed by atoms with E-state index in [1.54, 1.807) is 45.6 Å². The number of amides is 1. The first-order valence-electron chi connectivity index (χ1n) is 11.7. The number of piperidine rings is 1. The fourth-order valence-electron chi connectivity index (χ4n) is 4.03. The van der Waals surface area contributed by atoms with E-state index >= 15 is 0 Å². The predicted octanol–water partition coefficient (Wildman–Crippen LogP) is 3.88. The van der Waals surface area contributed by atoms with E-state index in [4.69, 9.17) is 8.83 Å². The van der Waals surface area contributed by atoms with Gasteiger partial charge in [0, 0.05) is 26.1 Å². The van der Waals surface area contributed by atoms with Gasteiger partial charge in [-0.1, -0.05) is 25.5 Å². The van der Waals surface area contributed by atoms with Crippen LogP contribution < -0.4 is 0 Å². The van der Waals surface area contributed by atoms with E-state index in [2.05, 4.69) is 10.2 Å². The maximum atomic E-state index is 12.9. The fraction of sp³-hybridized carbons (Fsp3) is 0.458. The lowest BCUT2D eigenvalue weighted by Crippen LogP contribution is -2.35. The lowest BCUT2D eigenvalue weighted by Gasteiger charge is -2.25. The maximum absolute atomic E-state index is 12.9. The Morgan fingerprint density at radius 3 is 2.53 bits per heavy atom. The average molecular weight is 487 g/mol. The Hall–Kier alpha value is -2.98. The quantitative estimate of drug-likeness (QED) is 0.428. The van der Waals surface area contributed by atoms with Crippen LogP contribution in [-0.4, -0.2) is 53.4 Å². The number of aromatic nitrogens is 2. The molecule has 182 valence electrons. The molecule has 34 heavy (non-hydrogen) atoms. The van der Waals surface area contributed by atoms with Gasteiger partial charge in [-0.3, -0.25) is 4.79 Å². The van der Waals surface area contributed by atoms with Crippen LogP contribution in [0.3, 0.4) is 0 Å². The molecule has 1 amide bonds. The highest BCUT2D eigenvalue weighted by molar-refractivity contribution is 7.89. The third-order valence-corrected chi connectivity index (χ3v) is 7.79. The molecule has 1 aromatic carbocycles. The van der Waals surface area contributed by atoms with Crippen molar-refractivity contribution >= 4 is 15.9 Å². The molecule has 0 atom stereocenters. The Bertz CT molecular complexity index is 1170. The third kappa shape index (κ3) is 5.74. The Kier molecular flexibility index (Phi) is 7.79. The molecule has 0 spiro atoms. The Morgan fingerprint density at radius 2 is 1.85 bits per heavy atom. The molecule has 3 heterocycles. The largest absolute Gasteiger partial charge is 0.459 e. The molecule has 1 aliphatic rings. The minimum atomic E-state index is -3.45. The fourth-order valence-corrected chi connectivity index (χ4v) is 5.55. The predicted molar refractivity (Wildman–Crippen MR) is 125 cm³/mol. The van der Waals surface area contributed by atoms with E-state index in [0.717, 1.165) is 31.2 Å². The van der Waals surface area contributed by atoms with Crippen LogP contribution in [0.15, 0.2) is 56.4 Å². The first-order chi connectivity index (χ1) is 16.5. The molecule has 1 fully saturated rings. The van der Waals surface area contributed by atoms with Gasteiger partial charge in [-0.2, -0.15) is 4.31 Å². The van der Waals surface area contributed by atoms with Crippen molar-refractivity contribution in [3.63, 3.8) is 0 Å². The van der Waals surface area contributed by atoms with Crippen molar-refractivity contribution in [2.75, 3.05) is 19.6 Å².